The zero-order valence-electron chi connectivity index (χ0n) is 30.0. The summed E-state index contributed by atoms with van der Waals surface area (Å²) in [6.07, 6.45) is 14.0. The predicted molar refractivity (Wildman–Crippen MR) is 198 cm³/mol. The Kier molecular flexibility index (Phi) is 10.7. The molecule has 1 N–H and O–H groups in total. The van der Waals surface area contributed by atoms with Gasteiger partial charge in [-0.25, -0.2) is 14.8 Å². The van der Waals surface area contributed by atoms with Crippen molar-refractivity contribution in [2.75, 3.05) is 6.61 Å². The summed E-state index contributed by atoms with van der Waals surface area (Å²) in [7, 11) is 0. The Balaban J connectivity index is 2.14. The van der Waals surface area contributed by atoms with Crippen LogP contribution in [-0.2, 0) is 54.6 Å². The first-order valence-corrected chi connectivity index (χ1v) is 17.9. The summed E-state index contributed by atoms with van der Waals surface area (Å²) in [4.78, 5) is 27.3. The zero-order chi connectivity index (χ0) is 33.8. The summed E-state index contributed by atoms with van der Waals surface area (Å²) in [5.41, 5.74) is 18.7. The average molecular weight is 633 g/mol. The van der Waals surface area contributed by atoms with E-state index in [0.717, 1.165) is 96.4 Å². The third-order valence-electron chi connectivity index (χ3n) is 9.77. The van der Waals surface area contributed by atoms with E-state index >= 15 is 0 Å². The minimum atomic E-state index is -0.335. The maximum absolute atomic E-state index is 12.6. The molecule has 47 heavy (non-hydrogen) atoms. The topological polar surface area (TPSA) is 72.8 Å². The number of ether oxygens (including phenoxy) is 1. The van der Waals surface area contributed by atoms with Gasteiger partial charge in [-0.3, -0.25) is 0 Å². The van der Waals surface area contributed by atoms with Gasteiger partial charge in [0.05, 0.1) is 40.4 Å². The van der Waals surface area contributed by atoms with Crippen molar-refractivity contribution in [2.24, 2.45) is 0 Å². The smallest absolute Gasteiger partial charge is 0.330 e. The molecule has 5 rings (SSSR count). The van der Waals surface area contributed by atoms with Crippen molar-refractivity contribution in [3.63, 3.8) is 0 Å². The van der Waals surface area contributed by atoms with Crippen molar-refractivity contribution in [1.82, 2.24) is 19.5 Å². The molecule has 0 aliphatic carbocycles. The number of nitrogens with one attached hydrogen (secondary N) is 1. The second kappa shape index (κ2) is 14.7. The largest absolute Gasteiger partial charge is 0.463 e. The zero-order valence-corrected chi connectivity index (χ0v) is 30.0. The molecule has 248 valence electrons. The Morgan fingerprint density at radius 1 is 0.681 bits per heavy atom. The molecule has 6 nitrogen and oxygen atoms in total. The molecule has 0 aromatic carbocycles. The van der Waals surface area contributed by atoms with Gasteiger partial charge >= 0.3 is 5.97 Å². The van der Waals surface area contributed by atoms with E-state index in [2.05, 4.69) is 89.2 Å². The highest BCUT2D eigenvalue weighted by atomic mass is 16.5. The van der Waals surface area contributed by atoms with Gasteiger partial charge in [0.15, 0.2) is 0 Å². The number of allylic oxidation sites excluding steroid dienone is 3. The van der Waals surface area contributed by atoms with Crippen LogP contribution in [0.4, 0.5) is 0 Å². The second-order valence-electron chi connectivity index (χ2n) is 12.1. The molecular formula is C41H52N4O2. The number of carbonyl (C=O) groups excluding carboxylic acids is 1. The van der Waals surface area contributed by atoms with Crippen LogP contribution >= 0.6 is 0 Å². The van der Waals surface area contributed by atoms with Gasteiger partial charge in [0.25, 0.3) is 0 Å². The predicted octanol–water partition coefficient (Wildman–Crippen LogP) is 9.79. The Morgan fingerprint density at radius 3 is 1.77 bits per heavy atom. The lowest BCUT2D eigenvalue weighted by atomic mass is 9.94. The fourth-order valence-corrected chi connectivity index (χ4v) is 7.72. The first-order chi connectivity index (χ1) is 22.8. The molecule has 0 radical (unpaired) electrons. The number of nitrogens with zero attached hydrogens (tertiary/aromatic N) is 3. The molecule has 5 heterocycles. The van der Waals surface area contributed by atoms with Gasteiger partial charge in [-0.15, -0.1) is 0 Å². The lowest BCUT2D eigenvalue weighted by Gasteiger charge is -2.12. The molecular weight excluding hydrogens is 580 g/mol. The normalized spacial score (nSPS) is 13.0. The van der Waals surface area contributed by atoms with Gasteiger partial charge in [0.2, 0.25) is 0 Å². The number of hydrogen-bond donors (Lipinski definition) is 1. The van der Waals surface area contributed by atoms with Crippen LogP contribution in [0.5, 0.6) is 0 Å². The van der Waals surface area contributed by atoms with E-state index in [1.54, 1.807) is 6.08 Å². The molecule has 0 atom stereocenters. The van der Waals surface area contributed by atoms with Crippen LogP contribution < -0.4 is 0 Å². The number of aryl methyl sites for hydroxylation is 7. The number of hydrogen-bond acceptors (Lipinski definition) is 4. The van der Waals surface area contributed by atoms with E-state index in [0.29, 0.717) is 6.61 Å². The molecule has 0 unspecified atom stereocenters. The van der Waals surface area contributed by atoms with Gasteiger partial charge in [0, 0.05) is 51.5 Å². The molecule has 0 amide bonds. The molecule has 2 aliphatic rings. The summed E-state index contributed by atoms with van der Waals surface area (Å²) in [5.74, 6) is -0.335. The summed E-state index contributed by atoms with van der Waals surface area (Å²) < 4.78 is 7.87. The van der Waals surface area contributed by atoms with Crippen molar-refractivity contribution < 1.29 is 9.53 Å². The molecule has 3 aromatic heterocycles. The summed E-state index contributed by atoms with van der Waals surface area (Å²) in [5, 5.41) is 0. The van der Waals surface area contributed by atoms with Crippen molar-refractivity contribution in [3.8, 4) is 0 Å². The van der Waals surface area contributed by atoms with Crippen LogP contribution in [0.1, 0.15) is 125 Å². The van der Waals surface area contributed by atoms with E-state index in [4.69, 9.17) is 14.7 Å². The third-order valence-corrected chi connectivity index (χ3v) is 9.77. The van der Waals surface area contributed by atoms with Crippen molar-refractivity contribution in [3.05, 3.63) is 80.4 Å². The van der Waals surface area contributed by atoms with E-state index in [9.17, 15) is 4.79 Å². The summed E-state index contributed by atoms with van der Waals surface area (Å²) in [6, 6.07) is 4.36. The van der Waals surface area contributed by atoms with Crippen LogP contribution in [0, 0.1) is 0 Å². The molecule has 8 bridgehead atoms. The Labute approximate surface area is 280 Å². The maximum Gasteiger partial charge on any atom is 0.330 e. The number of H-pyrrole nitrogens is 1. The monoisotopic (exact) mass is 632 g/mol. The fourth-order valence-electron chi connectivity index (χ4n) is 7.72. The molecule has 3 aromatic rings. The maximum atomic E-state index is 12.6. The minimum Gasteiger partial charge on any atom is -0.463 e. The fraction of sp³-hybridized carbons (Fsp3) is 0.439. The van der Waals surface area contributed by atoms with Crippen LogP contribution in [0.25, 0.3) is 45.4 Å². The van der Waals surface area contributed by atoms with Crippen molar-refractivity contribution in [2.45, 2.75) is 114 Å². The number of aromatic amines is 1. The van der Waals surface area contributed by atoms with Crippen molar-refractivity contribution in [1.29, 1.82) is 0 Å². The highest BCUT2D eigenvalue weighted by Crippen LogP contribution is 2.41. The van der Waals surface area contributed by atoms with Gasteiger partial charge in [-0.2, -0.15) is 0 Å². The highest BCUT2D eigenvalue weighted by molar-refractivity contribution is 6.02. The Morgan fingerprint density at radius 2 is 1.23 bits per heavy atom. The molecule has 0 fully saturated rings. The number of rotatable bonds is 11. The van der Waals surface area contributed by atoms with Crippen LogP contribution in [0.15, 0.2) is 24.3 Å². The lowest BCUT2D eigenvalue weighted by Crippen LogP contribution is -2.02. The summed E-state index contributed by atoms with van der Waals surface area (Å²) >= 11 is 0. The van der Waals surface area contributed by atoms with E-state index in [1.807, 2.05) is 13.0 Å². The third kappa shape index (κ3) is 5.92. The first kappa shape index (κ1) is 34.2. The van der Waals surface area contributed by atoms with Gasteiger partial charge < -0.3 is 14.3 Å². The number of aromatic nitrogens is 4. The molecule has 0 saturated carbocycles. The van der Waals surface area contributed by atoms with Crippen LogP contribution in [-0.4, -0.2) is 32.1 Å². The number of fused-ring (bicyclic) bond motifs is 8. The molecule has 6 heteroatoms. The quantitative estimate of drug-likeness (QED) is 0.132. The SMILES string of the molecule is CCOC(=O)C=CC1=C(CC)c2nc1c(CC)c1ccc([nH]1)c(CC)c1nc(c(CC)c3c(CC)c(CC)c(c2CC)n3CC)C=C1. The van der Waals surface area contributed by atoms with Crippen molar-refractivity contribution >= 4 is 51.3 Å². The van der Waals surface area contributed by atoms with Crippen LogP contribution in [0.2, 0.25) is 0 Å². The molecule has 0 spiro atoms. The standard InChI is InChI=1S/C41H52N4O2/c1-10-25-32(19-24-37(46)47-18-9)39-29(14-5)35-22-20-33(42-35)28(13-4)34-21-23-36(43-34)30(15-6)40-26(11-2)27(12-3)41(45(40)17-8)31(16-7)38(25)44-39/h19-24,42H,10-18H2,1-9H3. The average Bonchev–Trinajstić information content (AvgIpc) is 3.87. The summed E-state index contributed by atoms with van der Waals surface area (Å²) in [6.45, 7) is 21.0. The van der Waals surface area contributed by atoms with Crippen LogP contribution in [0.3, 0.4) is 0 Å². The molecule has 0 saturated heterocycles. The second-order valence-corrected chi connectivity index (χ2v) is 12.1. The lowest BCUT2D eigenvalue weighted by molar-refractivity contribution is -0.137. The Bertz CT molecular complexity index is 1950. The van der Waals surface area contributed by atoms with E-state index in [-0.39, 0.29) is 5.97 Å². The Hall–Kier alpha value is -4.19. The highest BCUT2D eigenvalue weighted by Gasteiger charge is 2.26. The number of carbonyl (C=O) groups is 1. The van der Waals surface area contributed by atoms with Gasteiger partial charge in [-0.1, -0.05) is 48.5 Å². The first-order valence-electron chi connectivity index (χ1n) is 17.9. The number of esters is 1. The molecule has 2 aliphatic heterocycles. The van der Waals surface area contributed by atoms with Gasteiger partial charge in [0.1, 0.15) is 0 Å². The van der Waals surface area contributed by atoms with E-state index < -0.39 is 0 Å². The van der Waals surface area contributed by atoms with Gasteiger partial charge in [-0.05, 0) is 106 Å². The van der Waals surface area contributed by atoms with E-state index in [1.165, 1.54) is 44.4 Å². The minimum absolute atomic E-state index is 0.335.